The molecular weight excluding hydrogens is 315 g/mol. The highest BCUT2D eigenvalue weighted by atomic mass is 79.9. The first-order chi connectivity index (χ1) is 7.70. The van der Waals surface area contributed by atoms with E-state index in [0.717, 1.165) is 23.4 Å². The van der Waals surface area contributed by atoms with E-state index >= 15 is 0 Å². The minimum atomic E-state index is 0.0693. The van der Waals surface area contributed by atoms with E-state index in [4.69, 9.17) is 27.9 Å². The van der Waals surface area contributed by atoms with Crippen molar-refractivity contribution in [3.05, 3.63) is 21.8 Å². The van der Waals surface area contributed by atoms with Crippen LogP contribution in [0.1, 0.15) is 0 Å². The quantitative estimate of drug-likeness (QED) is 0.782. The Hall–Kier alpha value is -0.0300. The molecule has 0 spiro atoms. The predicted octanol–water partition coefficient (Wildman–Crippen LogP) is 2.94. The summed E-state index contributed by atoms with van der Waals surface area (Å²) >= 11 is 15.1. The van der Waals surface area contributed by atoms with E-state index in [1.807, 2.05) is 6.07 Å². The molecule has 2 rings (SSSR count). The molecule has 1 fully saturated rings. The molecule has 1 aromatic heterocycles. The minimum absolute atomic E-state index is 0.0693. The highest BCUT2D eigenvalue weighted by Crippen LogP contribution is 2.27. The van der Waals surface area contributed by atoms with Gasteiger partial charge in [0, 0.05) is 19.3 Å². The van der Waals surface area contributed by atoms with Crippen molar-refractivity contribution in [2.45, 2.75) is 6.10 Å². The summed E-state index contributed by atoms with van der Waals surface area (Å²) in [6.07, 6.45) is 1.71. The summed E-state index contributed by atoms with van der Waals surface area (Å²) < 4.78 is 6.40. The summed E-state index contributed by atoms with van der Waals surface area (Å²) in [5.74, 6) is 1.39. The molecule has 88 valence electrons. The number of nitrogens with zero attached hydrogens (tertiary/aromatic N) is 2. The third kappa shape index (κ3) is 2.80. The number of hydrogen-bond donors (Lipinski definition) is 0. The molecule has 1 aromatic rings. The van der Waals surface area contributed by atoms with Gasteiger partial charge in [0.05, 0.1) is 28.1 Å². The van der Waals surface area contributed by atoms with Gasteiger partial charge in [-0.1, -0.05) is 11.6 Å². The molecule has 1 unspecified atom stereocenters. The molecule has 1 aliphatic heterocycles. The summed E-state index contributed by atoms with van der Waals surface area (Å²) in [7, 11) is 0. The van der Waals surface area contributed by atoms with Crippen molar-refractivity contribution < 1.29 is 4.74 Å². The number of rotatable bonds is 2. The Balaban J connectivity index is 2.16. The number of alkyl halides is 1. The lowest BCUT2D eigenvalue weighted by molar-refractivity contribution is 0.0551. The molecule has 0 amide bonds. The van der Waals surface area contributed by atoms with Gasteiger partial charge in [-0.2, -0.15) is 0 Å². The molecule has 1 aliphatic rings. The summed E-state index contributed by atoms with van der Waals surface area (Å²) in [6, 6.07) is 1.84. The summed E-state index contributed by atoms with van der Waals surface area (Å²) in [6.45, 7) is 2.26. The summed E-state index contributed by atoms with van der Waals surface area (Å²) in [5, 5.41) is 0.623. The zero-order chi connectivity index (χ0) is 11.5. The monoisotopic (exact) mass is 324 g/mol. The molecule has 16 heavy (non-hydrogen) atoms. The molecule has 2 heterocycles. The van der Waals surface area contributed by atoms with Crippen molar-refractivity contribution in [2.75, 3.05) is 30.5 Å². The van der Waals surface area contributed by atoms with Crippen LogP contribution in [0.2, 0.25) is 5.02 Å². The van der Waals surface area contributed by atoms with Gasteiger partial charge < -0.3 is 9.64 Å². The lowest BCUT2D eigenvalue weighted by Gasteiger charge is -2.33. The standard InChI is InChI=1S/C10H11BrCl2N2O/c11-9-3-7(13)5-14-10(9)15-1-2-16-8(4-12)6-15/h3,5,8H,1-2,4,6H2. The molecule has 1 atom stereocenters. The van der Waals surface area contributed by atoms with Crippen molar-refractivity contribution in [2.24, 2.45) is 0 Å². The van der Waals surface area contributed by atoms with Gasteiger partial charge in [0.15, 0.2) is 0 Å². The van der Waals surface area contributed by atoms with E-state index in [1.165, 1.54) is 0 Å². The van der Waals surface area contributed by atoms with Crippen molar-refractivity contribution in [3.63, 3.8) is 0 Å². The lowest BCUT2D eigenvalue weighted by Crippen LogP contribution is -2.43. The maximum atomic E-state index is 5.86. The predicted molar refractivity (Wildman–Crippen MR) is 69.6 cm³/mol. The molecule has 0 aliphatic carbocycles. The van der Waals surface area contributed by atoms with E-state index < -0.39 is 0 Å². The average Bonchev–Trinajstić information content (AvgIpc) is 2.29. The van der Waals surface area contributed by atoms with Crippen LogP contribution in [0.3, 0.4) is 0 Å². The number of anilines is 1. The molecule has 0 bridgehead atoms. The Kier molecular flexibility index (Phi) is 4.30. The number of halogens is 3. The number of hydrogen-bond acceptors (Lipinski definition) is 3. The van der Waals surface area contributed by atoms with Crippen LogP contribution in [0.5, 0.6) is 0 Å². The van der Waals surface area contributed by atoms with Gasteiger partial charge in [0.1, 0.15) is 5.82 Å². The fourth-order valence-corrected chi connectivity index (χ4v) is 2.72. The summed E-state index contributed by atoms with van der Waals surface area (Å²) in [5.41, 5.74) is 0. The van der Waals surface area contributed by atoms with Crippen molar-refractivity contribution in [1.29, 1.82) is 0 Å². The van der Waals surface area contributed by atoms with Gasteiger partial charge in [-0.05, 0) is 22.0 Å². The van der Waals surface area contributed by atoms with E-state index in [0.29, 0.717) is 17.5 Å². The molecular formula is C10H11BrCl2N2O. The van der Waals surface area contributed by atoms with Gasteiger partial charge >= 0.3 is 0 Å². The molecule has 6 heteroatoms. The van der Waals surface area contributed by atoms with Crippen LogP contribution in [0.25, 0.3) is 0 Å². The van der Waals surface area contributed by atoms with Gasteiger partial charge in [0.2, 0.25) is 0 Å². The van der Waals surface area contributed by atoms with E-state index in [1.54, 1.807) is 6.20 Å². The molecule has 3 nitrogen and oxygen atoms in total. The van der Waals surface area contributed by atoms with E-state index in [-0.39, 0.29) is 6.10 Å². The summed E-state index contributed by atoms with van der Waals surface area (Å²) in [4.78, 5) is 6.47. The third-order valence-electron chi connectivity index (χ3n) is 2.40. The van der Waals surface area contributed by atoms with Gasteiger partial charge in [0.25, 0.3) is 0 Å². The number of aromatic nitrogens is 1. The van der Waals surface area contributed by atoms with Crippen molar-refractivity contribution >= 4 is 44.9 Å². The SMILES string of the molecule is ClCC1CN(c2ncc(Cl)cc2Br)CCO1. The molecule has 0 aromatic carbocycles. The lowest BCUT2D eigenvalue weighted by atomic mass is 10.3. The average molecular weight is 326 g/mol. The first-order valence-electron chi connectivity index (χ1n) is 4.94. The normalized spacial score (nSPS) is 21.2. The topological polar surface area (TPSA) is 25.4 Å². The Labute approximate surface area is 113 Å². The molecule has 0 saturated carbocycles. The molecule has 0 radical (unpaired) electrons. The van der Waals surface area contributed by atoms with Crippen LogP contribution >= 0.6 is 39.1 Å². The van der Waals surface area contributed by atoms with Gasteiger partial charge in [-0.15, -0.1) is 11.6 Å². The molecule has 0 N–H and O–H groups in total. The second-order valence-electron chi connectivity index (χ2n) is 3.55. The zero-order valence-corrected chi connectivity index (χ0v) is 11.6. The minimum Gasteiger partial charge on any atom is -0.373 e. The van der Waals surface area contributed by atoms with Gasteiger partial charge in [-0.3, -0.25) is 0 Å². The van der Waals surface area contributed by atoms with Crippen LogP contribution in [-0.4, -0.2) is 36.7 Å². The van der Waals surface area contributed by atoms with Crippen LogP contribution < -0.4 is 4.90 Å². The molecule has 1 saturated heterocycles. The fraction of sp³-hybridized carbons (Fsp3) is 0.500. The Morgan fingerprint density at radius 1 is 1.62 bits per heavy atom. The highest BCUT2D eigenvalue weighted by Gasteiger charge is 2.22. The number of ether oxygens (including phenoxy) is 1. The fourth-order valence-electron chi connectivity index (χ4n) is 1.65. The largest absolute Gasteiger partial charge is 0.373 e. The maximum absolute atomic E-state index is 5.86. The maximum Gasteiger partial charge on any atom is 0.143 e. The van der Waals surface area contributed by atoms with Crippen molar-refractivity contribution in [1.82, 2.24) is 4.98 Å². The van der Waals surface area contributed by atoms with E-state index in [2.05, 4.69) is 25.8 Å². The highest BCUT2D eigenvalue weighted by molar-refractivity contribution is 9.10. The van der Waals surface area contributed by atoms with Crippen LogP contribution in [0, 0.1) is 0 Å². The van der Waals surface area contributed by atoms with E-state index in [9.17, 15) is 0 Å². The van der Waals surface area contributed by atoms with Crippen molar-refractivity contribution in [3.8, 4) is 0 Å². The zero-order valence-electron chi connectivity index (χ0n) is 8.50. The second kappa shape index (κ2) is 5.54. The number of morpholine rings is 1. The van der Waals surface area contributed by atoms with Crippen LogP contribution in [0.15, 0.2) is 16.7 Å². The third-order valence-corrected chi connectivity index (χ3v) is 3.53. The van der Waals surface area contributed by atoms with Crippen LogP contribution in [-0.2, 0) is 4.74 Å². The Morgan fingerprint density at radius 2 is 2.44 bits per heavy atom. The Morgan fingerprint density at radius 3 is 3.12 bits per heavy atom. The first-order valence-corrected chi connectivity index (χ1v) is 6.65. The first kappa shape index (κ1) is 12.4. The Bertz CT molecular complexity index is 378. The number of pyridine rings is 1. The smallest absolute Gasteiger partial charge is 0.143 e. The second-order valence-corrected chi connectivity index (χ2v) is 5.15. The van der Waals surface area contributed by atoms with Gasteiger partial charge in [-0.25, -0.2) is 4.98 Å². The van der Waals surface area contributed by atoms with Crippen LogP contribution in [0.4, 0.5) is 5.82 Å².